The molecule has 1 heterocycles. The topological polar surface area (TPSA) is 99.4 Å². The van der Waals surface area contributed by atoms with Gasteiger partial charge in [-0.25, -0.2) is 0 Å². The highest BCUT2D eigenvalue weighted by molar-refractivity contribution is 5.83. The first-order valence-electron chi connectivity index (χ1n) is 8.47. The van der Waals surface area contributed by atoms with E-state index in [1.54, 1.807) is 0 Å². The van der Waals surface area contributed by atoms with Crippen LogP contribution >= 0.6 is 0 Å². The van der Waals surface area contributed by atoms with E-state index in [1.807, 2.05) is 49.4 Å². The van der Waals surface area contributed by atoms with Crippen LogP contribution in [0.3, 0.4) is 0 Å². The number of benzene rings is 2. The fourth-order valence-corrected chi connectivity index (χ4v) is 3.34. The second kappa shape index (κ2) is 7.37. The standard InChI is InChI=1S/C19H24O6/c1-2-19(14-8-7-12-5-3-4-6-13(12)9-14)24-17(15(22)10-20)18(25-19)16(23)11-21/h3-9,15-18,20-23H,2,10-11H2,1H3/t15-,16-,17-,18-/m1/s1. The number of rotatable bonds is 6. The number of ether oxygens (including phenoxy) is 2. The van der Waals surface area contributed by atoms with Crippen LogP contribution in [-0.4, -0.2) is 58.1 Å². The third-order valence-electron chi connectivity index (χ3n) is 4.76. The lowest BCUT2D eigenvalue weighted by Gasteiger charge is -2.28. The molecule has 0 saturated carbocycles. The van der Waals surface area contributed by atoms with Crippen molar-refractivity contribution in [2.75, 3.05) is 13.2 Å². The van der Waals surface area contributed by atoms with Crippen molar-refractivity contribution in [3.63, 3.8) is 0 Å². The van der Waals surface area contributed by atoms with Crippen molar-refractivity contribution < 1.29 is 29.9 Å². The molecule has 1 fully saturated rings. The summed E-state index contributed by atoms with van der Waals surface area (Å²) in [4.78, 5) is 0. The Morgan fingerprint density at radius 1 is 0.920 bits per heavy atom. The maximum Gasteiger partial charge on any atom is 0.195 e. The lowest BCUT2D eigenvalue weighted by atomic mass is 9.99. The van der Waals surface area contributed by atoms with Gasteiger partial charge in [0.1, 0.15) is 24.4 Å². The van der Waals surface area contributed by atoms with Crippen LogP contribution in [0.25, 0.3) is 10.8 Å². The molecule has 0 aliphatic carbocycles. The molecule has 6 nitrogen and oxygen atoms in total. The zero-order valence-corrected chi connectivity index (χ0v) is 14.1. The quantitative estimate of drug-likeness (QED) is 0.619. The molecule has 2 aromatic carbocycles. The van der Waals surface area contributed by atoms with E-state index >= 15 is 0 Å². The molecular weight excluding hydrogens is 324 g/mol. The van der Waals surface area contributed by atoms with E-state index in [0.29, 0.717) is 6.42 Å². The van der Waals surface area contributed by atoms with Crippen LogP contribution < -0.4 is 0 Å². The van der Waals surface area contributed by atoms with Crippen LogP contribution in [0.2, 0.25) is 0 Å². The SMILES string of the molecule is CCC1(c2ccc3ccccc3c2)O[C@H]([C@H](O)CO)[C@@H]([C@H](O)CO)O1. The molecule has 0 spiro atoms. The van der Waals surface area contributed by atoms with E-state index in [9.17, 15) is 20.4 Å². The van der Waals surface area contributed by atoms with E-state index < -0.39 is 43.4 Å². The first kappa shape index (κ1) is 18.3. The predicted molar refractivity (Wildman–Crippen MR) is 91.8 cm³/mol. The second-order valence-electron chi connectivity index (χ2n) is 6.33. The predicted octanol–water partition coefficient (Wildman–Crippen LogP) is 0.893. The van der Waals surface area contributed by atoms with Crippen molar-refractivity contribution in [2.24, 2.45) is 0 Å². The third-order valence-corrected chi connectivity index (χ3v) is 4.76. The van der Waals surface area contributed by atoms with E-state index in [4.69, 9.17) is 9.47 Å². The molecule has 0 unspecified atom stereocenters. The summed E-state index contributed by atoms with van der Waals surface area (Å²) in [6, 6.07) is 13.7. The maximum atomic E-state index is 10.1. The van der Waals surface area contributed by atoms with Crippen LogP contribution in [-0.2, 0) is 15.3 Å². The monoisotopic (exact) mass is 348 g/mol. The Hall–Kier alpha value is -1.54. The molecule has 1 aliphatic heterocycles. The summed E-state index contributed by atoms with van der Waals surface area (Å²) >= 11 is 0. The van der Waals surface area contributed by atoms with Gasteiger partial charge in [-0.3, -0.25) is 0 Å². The molecule has 25 heavy (non-hydrogen) atoms. The Morgan fingerprint density at radius 3 is 2.00 bits per heavy atom. The van der Waals surface area contributed by atoms with Crippen LogP contribution in [0.1, 0.15) is 18.9 Å². The molecule has 0 radical (unpaired) electrons. The molecule has 4 atom stereocenters. The molecule has 2 aromatic rings. The number of fused-ring (bicyclic) bond motifs is 1. The number of aliphatic hydroxyl groups is 4. The third kappa shape index (κ3) is 3.29. The van der Waals surface area contributed by atoms with Crippen molar-refractivity contribution in [3.05, 3.63) is 48.0 Å². The fourth-order valence-electron chi connectivity index (χ4n) is 3.34. The van der Waals surface area contributed by atoms with Gasteiger partial charge in [-0.05, 0) is 16.8 Å². The van der Waals surface area contributed by atoms with Gasteiger partial charge in [-0.15, -0.1) is 0 Å². The van der Waals surface area contributed by atoms with Crippen molar-refractivity contribution in [1.82, 2.24) is 0 Å². The van der Waals surface area contributed by atoms with Gasteiger partial charge in [0.15, 0.2) is 5.79 Å². The van der Waals surface area contributed by atoms with Gasteiger partial charge in [0.2, 0.25) is 0 Å². The minimum atomic E-state index is -1.22. The number of hydrogen-bond donors (Lipinski definition) is 4. The molecule has 1 aliphatic rings. The van der Waals surface area contributed by atoms with Crippen LogP contribution in [0, 0.1) is 0 Å². The molecule has 1 saturated heterocycles. The smallest absolute Gasteiger partial charge is 0.195 e. The minimum absolute atomic E-state index is 0.439. The maximum absolute atomic E-state index is 10.1. The molecule has 0 amide bonds. The molecule has 136 valence electrons. The van der Waals surface area contributed by atoms with Gasteiger partial charge in [-0.2, -0.15) is 0 Å². The summed E-state index contributed by atoms with van der Waals surface area (Å²) in [6.45, 7) is 0.825. The van der Waals surface area contributed by atoms with E-state index in [-0.39, 0.29) is 0 Å². The summed E-state index contributed by atoms with van der Waals surface area (Å²) < 4.78 is 12.0. The number of aliphatic hydroxyl groups excluding tert-OH is 4. The number of hydrogen-bond acceptors (Lipinski definition) is 6. The molecule has 4 N–H and O–H groups in total. The van der Waals surface area contributed by atoms with Crippen molar-refractivity contribution >= 4 is 10.8 Å². The lowest BCUT2D eigenvalue weighted by molar-refractivity contribution is -0.200. The zero-order valence-electron chi connectivity index (χ0n) is 14.1. The van der Waals surface area contributed by atoms with E-state index in [1.165, 1.54) is 0 Å². The fraction of sp³-hybridized carbons (Fsp3) is 0.474. The Balaban J connectivity index is 2.01. The zero-order chi connectivity index (χ0) is 18.0. The minimum Gasteiger partial charge on any atom is -0.394 e. The Labute approximate surface area is 146 Å². The highest BCUT2D eigenvalue weighted by atomic mass is 16.8. The van der Waals surface area contributed by atoms with Gasteiger partial charge < -0.3 is 29.9 Å². The van der Waals surface area contributed by atoms with Gasteiger partial charge in [-0.1, -0.05) is 43.3 Å². The van der Waals surface area contributed by atoms with Crippen molar-refractivity contribution in [2.45, 2.75) is 43.5 Å². The Kier molecular flexibility index (Phi) is 5.38. The average Bonchev–Trinajstić information content (AvgIpc) is 3.07. The van der Waals surface area contributed by atoms with Crippen LogP contribution in [0.4, 0.5) is 0 Å². The summed E-state index contributed by atoms with van der Waals surface area (Å²) in [5, 5.41) is 40.8. The molecule has 6 heteroatoms. The summed E-state index contributed by atoms with van der Waals surface area (Å²) in [7, 11) is 0. The molecule has 0 aromatic heterocycles. The van der Waals surface area contributed by atoms with Crippen molar-refractivity contribution in [1.29, 1.82) is 0 Å². The molecule has 0 bridgehead atoms. The molecular formula is C19H24O6. The van der Waals surface area contributed by atoms with Gasteiger partial charge in [0.25, 0.3) is 0 Å². The second-order valence-corrected chi connectivity index (χ2v) is 6.33. The van der Waals surface area contributed by atoms with Gasteiger partial charge in [0.05, 0.1) is 13.2 Å². The highest BCUT2D eigenvalue weighted by Gasteiger charge is 2.52. The van der Waals surface area contributed by atoms with Gasteiger partial charge in [0, 0.05) is 12.0 Å². The largest absolute Gasteiger partial charge is 0.394 e. The van der Waals surface area contributed by atoms with Crippen LogP contribution in [0.5, 0.6) is 0 Å². The summed E-state index contributed by atoms with van der Waals surface area (Å²) in [5.74, 6) is -1.16. The first-order chi connectivity index (χ1) is 12.0. The van der Waals surface area contributed by atoms with E-state index in [0.717, 1.165) is 16.3 Å². The normalized spacial score (nSPS) is 25.2. The van der Waals surface area contributed by atoms with Crippen LogP contribution in [0.15, 0.2) is 42.5 Å². The highest BCUT2D eigenvalue weighted by Crippen LogP contribution is 2.43. The lowest BCUT2D eigenvalue weighted by Crippen LogP contribution is -2.45. The Bertz CT molecular complexity index is 700. The van der Waals surface area contributed by atoms with Crippen molar-refractivity contribution in [3.8, 4) is 0 Å². The summed E-state index contributed by atoms with van der Waals surface area (Å²) in [6.07, 6.45) is -3.90. The summed E-state index contributed by atoms with van der Waals surface area (Å²) in [5.41, 5.74) is 0.761. The Morgan fingerprint density at radius 2 is 1.48 bits per heavy atom. The van der Waals surface area contributed by atoms with Gasteiger partial charge >= 0.3 is 0 Å². The first-order valence-corrected chi connectivity index (χ1v) is 8.47. The molecule has 3 rings (SSSR count). The average molecular weight is 348 g/mol. The van der Waals surface area contributed by atoms with E-state index in [2.05, 4.69) is 0 Å².